The zero-order valence-corrected chi connectivity index (χ0v) is 24.2. The molecule has 0 aliphatic heterocycles. The van der Waals surface area contributed by atoms with E-state index < -0.39 is 11.6 Å². The summed E-state index contributed by atoms with van der Waals surface area (Å²) in [6, 6.07) is 13.3. The average Bonchev–Trinajstić information content (AvgIpc) is 3.38. The Morgan fingerprint density at radius 3 is 2.09 bits per heavy atom. The van der Waals surface area contributed by atoms with Crippen molar-refractivity contribution in [3.63, 3.8) is 0 Å². The van der Waals surface area contributed by atoms with Gasteiger partial charge in [0, 0.05) is 28.9 Å². The molecular formula is C32H29NO10. The molecule has 1 N–H and O–H groups in total. The Hall–Kier alpha value is -5.45. The van der Waals surface area contributed by atoms with E-state index in [0.717, 1.165) is 5.56 Å². The lowest BCUT2D eigenvalue weighted by Gasteiger charge is -2.12. The molecule has 0 saturated carbocycles. The summed E-state index contributed by atoms with van der Waals surface area (Å²) >= 11 is 0. The molecule has 11 nitrogen and oxygen atoms in total. The number of aromatic nitrogens is 1. The monoisotopic (exact) mass is 587 g/mol. The predicted octanol–water partition coefficient (Wildman–Crippen LogP) is 5.21. The summed E-state index contributed by atoms with van der Waals surface area (Å²) in [6.45, 7) is 0.105. The van der Waals surface area contributed by atoms with Crippen LogP contribution in [0.3, 0.4) is 0 Å². The fourth-order valence-electron chi connectivity index (χ4n) is 5.37. The van der Waals surface area contributed by atoms with Crippen molar-refractivity contribution in [1.29, 1.82) is 0 Å². The topological polar surface area (TPSA) is 136 Å². The van der Waals surface area contributed by atoms with Crippen molar-refractivity contribution in [3.05, 3.63) is 75.8 Å². The van der Waals surface area contributed by atoms with Crippen LogP contribution in [0.5, 0.6) is 28.7 Å². The standard InChI is InChI=1S/C32H29NO10/c1-38-21-9-7-18(13-19(21)16-34)27-28-20-14-25(41-4)26(42-5)15-23(20)43-32(37)30(28)33(29(27)31(35)36)11-10-17-6-8-22(39-2)24(12-17)40-3/h6-9,12-16H,10-11H2,1-5H3,(H,35,36). The minimum Gasteiger partial charge on any atom is -0.496 e. The van der Waals surface area contributed by atoms with Gasteiger partial charge in [-0.3, -0.25) is 4.79 Å². The lowest BCUT2D eigenvalue weighted by Crippen LogP contribution is -2.14. The van der Waals surface area contributed by atoms with Gasteiger partial charge in [-0.1, -0.05) is 12.1 Å². The molecule has 0 atom stereocenters. The van der Waals surface area contributed by atoms with E-state index in [1.165, 1.54) is 52.2 Å². The van der Waals surface area contributed by atoms with Crippen molar-refractivity contribution in [2.45, 2.75) is 13.0 Å². The summed E-state index contributed by atoms with van der Waals surface area (Å²) in [7, 11) is 7.42. The molecule has 0 aliphatic rings. The molecule has 0 saturated heterocycles. The zero-order valence-electron chi connectivity index (χ0n) is 24.2. The summed E-state index contributed by atoms with van der Waals surface area (Å²) < 4.78 is 34.1. The normalized spacial score (nSPS) is 11.0. The van der Waals surface area contributed by atoms with Crippen molar-refractivity contribution in [2.24, 2.45) is 0 Å². The Bertz CT molecular complexity index is 1940. The fourth-order valence-corrected chi connectivity index (χ4v) is 5.37. The third-order valence-corrected chi connectivity index (χ3v) is 7.33. The number of carbonyl (C=O) groups is 2. The number of benzene rings is 3. The summed E-state index contributed by atoms with van der Waals surface area (Å²) in [5.74, 6) is 0.807. The van der Waals surface area contributed by atoms with Crippen molar-refractivity contribution < 1.29 is 42.8 Å². The maximum absolute atomic E-state index is 13.6. The average molecular weight is 588 g/mol. The van der Waals surface area contributed by atoms with Gasteiger partial charge in [-0.25, -0.2) is 9.59 Å². The molecular weight excluding hydrogens is 558 g/mol. The second kappa shape index (κ2) is 11.8. The number of methoxy groups -OCH3 is 5. The Morgan fingerprint density at radius 2 is 1.47 bits per heavy atom. The highest BCUT2D eigenvalue weighted by molar-refractivity contribution is 6.17. The predicted molar refractivity (Wildman–Crippen MR) is 159 cm³/mol. The summed E-state index contributed by atoms with van der Waals surface area (Å²) in [5.41, 5.74) is 1.02. The molecule has 0 radical (unpaired) electrons. The second-order valence-electron chi connectivity index (χ2n) is 9.51. The van der Waals surface area contributed by atoms with E-state index in [2.05, 4.69) is 0 Å². The molecule has 3 aromatic carbocycles. The van der Waals surface area contributed by atoms with Crippen LogP contribution in [0, 0.1) is 0 Å². The summed E-state index contributed by atoms with van der Waals surface area (Å²) in [6.07, 6.45) is 0.967. The number of carboxylic acids is 1. The molecule has 0 unspecified atom stereocenters. The van der Waals surface area contributed by atoms with Crippen LogP contribution in [-0.4, -0.2) is 57.5 Å². The van der Waals surface area contributed by atoms with E-state index >= 15 is 0 Å². The lowest BCUT2D eigenvalue weighted by atomic mass is 9.97. The molecule has 43 heavy (non-hydrogen) atoms. The molecule has 5 aromatic rings. The van der Waals surface area contributed by atoms with Gasteiger partial charge in [-0.15, -0.1) is 0 Å². The van der Waals surface area contributed by atoms with Crippen LogP contribution in [-0.2, 0) is 13.0 Å². The lowest BCUT2D eigenvalue weighted by molar-refractivity contribution is 0.0686. The van der Waals surface area contributed by atoms with Gasteiger partial charge >= 0.3 is 11.6 Å². The Kier molecular flexibility index (Phi) is 7.98. The molecule has 0 fully saturated rings. The van der Waals surface area contributed by atoms with Gasteiger partial charge in [0.1, 0.15) is 22.5 Å². The van der Waals surface area contributed by atoms with Crippen molar-refractivity contribution in [3.8, 4) is 39.9 Å². The van der Waals surface area contributed by atoms with Crippen molar-refractivity contribution in [2.75, 3.05) is 35.5 Å². The van der Waals surface area contributed by atoms with Gasteiger partial charge in [-0.2, -0.15) is 0 Å². The van der Waals surface area contributed by atoms with E-state index in [9.17, 15) is 19.5 Å². The number of hydrogen-bond acceptors (Lipinski definition) is 9. The maximum Gasteiger partial charge on any atom is 0.361 e. The first kappa shape index (κ1) is 29.1. The van der Waals surface area contributed by atoms with Gasteiger partial charge in [0.25, 0.3) is 0 Å². The van der Waals surface area contributed by atoms with Crippen LogP contribution in [0.15, 0.2) is 57.7 Å². The first-order valence-electron chi connectivity index (χ1n) is 13.1. The van der Waals surface area contributed by atoms with Gasteiger partial charge in [0.15, 0.2) is 29.3 Å². The first-order valence-corrected chi connectivity index (χ1v) is 13.1. The Labute approximate surface area is 245 Å². The number of nitrogens with zero attached hydrogens (tertiary/aromatic N) is 1. The van der Waals surface area contributed by atoms with Crippen LogP contribution in [0.1, 0.15) is 26.4 Å². The molecule has 222 valence electrons. The zero-order chi connectivity index (χ0) is 30.8. The highest BCUT2D eigenvalue weighted by Crippen LogP contribution is 2.42. The number of carboxylic acid groups (broad SMARTS) is 1. The number of aryl methyl sites for hydroxylation is 2. The smallest absolute Gasteiger partial charge is 0.361 e. The van der Waals surface area contributed by atoms with Crippen molar-refractivity contribution in [1.82, 2.24) is 4.57 Å². The first-order chi connectivity index (χ1) is 20.8. The van der Waals surface area contributed by atoms with E-state index in [1.807, 2.05) is 6.07 Å². The number of aromatic carboxylic acids is 1. The molecule has 0 aliphatic carbocycles. The Balaban J connectivity index is 1.85. The number of ether oxygens (including phenoxy) is 5. The number of carbonyl (C=O) groups excluding carboxylic acids is 1. The number of fused-ring (bicyclic) bond motifs is 3. The molecule has 0 bridgehead atoms. The van der Waals surface area contributed by atoms with Crippen LogP contribution in [0.4, 0.5) is 0 Å². The number of rotatable bonds is 11. The summed E-state index contributed by atoms with van der Waals surface area (Å²) in [4.78, 5) is 38.6. The van der Waals surface area contributed by atoms with Crippen LogP contribution in [0.2, 0.25) is 0 Å². The van der Waals surface area contributed by atoms with Crippen LogP contribution >= 0.6 is 0 Å². The number of hydrogen-bond donors (Lipinski definition) is 1. The van der Waals surface area contributed by atoms with E-state index in [1.54, 1.807) is 30.3 Å². The molecule has 11 heteroatoms. The van der Waals surface area contributed by atoms with Gasteiger partial charge in [0.05, 0.1) is 41.1 Å². The van der Waals surface area contributed by atoms with Crippen molar-refractivity contribution >= 4 is 34.1 Å². The maximum atomic E-state index is 13.6. The van der Waals surface area contributed by atoms with Crippen LogP contribution < -0.4 is 29.3 Å². The quantitative estimate of drug-likeness (QED) is 0.162. The minimum absolute atomic E-state index is 0.0519. The third-order valence-electron chi connectivity index (χ3n) is 7.33. The fraction of sp³-hybridized carbons (Fsp3) is 0.219. The molecule has 0 spiro atoms. The van der Waals surface area contributed by atoms with Crippen LogP contribution in [0.25, 0.3) is 33.0 Å². The van der Waals surface area contributed by atoms with E-state index in [-0.39, 0.29) is 34.5 Å². The van der Waals surface area contributed by atoms with Gasteiger partial charge < -0.3 is 37.8 Å². The van der Waals surface area contributed by atoms with E-state index in [0.29, 0.717) is 57.8 Å². The molecule has 2 heterocycles. The highest BCUT2D eigenvalue weighted by Gasteiger charge is 2.29. The summed E-state index contributed by atoms with van der Waals surface area (Å²) in [5, 5.41) is 11.4. The third kappa shape index (κ3) is 4.99. The second-order valence-corrected chi connectivity index (χ2v) is 9.51. The van der Waals surface area contributed by atoms with Gasteiger partial charge in [0.2, 0.25) is 0 Å². The van der Waals surface area contributed by atoms with Gasteiger partial charge in [-0.05, 0) is 47.9 Å². The highest BCUT2D eigenvalue weighted by atomic mass is 16.5. The minimum atomic E-state index is -1.27. The molecule has 5 rings (SSSR count). The SMILES string of the molecule is COc1ccc(-c2c(C(=O)O)n(CCc3ccc(OC)c(OC)c3)c3c(=O)oc4cc(OC)c(OC)cc4c23)cc1C=O. The largest absolute Gasteiger partial charge is 0.496 e. The molecule has 2 aromatic heterocycles. The Morgan fingerprint density at radius 1 is 0.837 bits per heavy atom. The van der Waals surface area contributed by atoms with E-state index in [4.69, 9.17) is 28.1 Å². The molecule has 0 amide bonds. The number of aldehydes is 1.